The van der Waals surface area contributed by atoms with Crippen LogP contribution in [0.2, 0.25) is 0 Å². The summed E-state index contributed by atoms with van der Waals surface area (Å²) in [7, 11) is 1.69. The van der Waals surface area contributed by atoms with Gasteiger partial charge in [-0.15, -0.1) is 11.6 Å². The summed E-state index contributed by atoms with van der Waals surface area (Å²) in [6.45, 7) is 12.0. The molecule has 156 valence electrons. The molecule has 7 heteroatoms. The zero-order valence-corrected chi connectivity index (χ0v) is 17.6. The lowest BCUT2D eigenvalue weighted by Gasteiger charge is -2.33. The van der Waals surface area contributed by atoms with Gasteiger partial charge in [-0.1, -0.05) is 57.8 Å². The molecule has 1 fully saturated rings. The summed E-state index contributed by atoms with van der Waals surface area (Å²) in [5, 5.41) is 10.1. The van der Waals surface area contributed by atoms with Crippen LogP contribution in [-0.2, 0) is 4.79 Å². The van der Waals surface area contributed by atoms with Crippen molar-refractivity contribution in [3.05, 3.63) is 37.1 Å². The molecule has 1 atom stereocenters. The van der Waals surface area contributed by atoms with Gasteiger partial charge in [-0.3, -0.25) is 4.79 Å². The molecule has 0 aromatic carbocycles. The van der Waals surface area contributed by atoms with E-state index in [9.17, 15) is 9.59 Å². The molecule has 1 aliphatic rings. The molecule has 0 heterocycles. The van der Waals surface area contributed by atoms with Crippen LogP contribution in [0.5, 0.6) is 0 Å². The molecule has 3 amide bonds. The van der Waals surface area contributed by atoms with Gasteiger partial charge < -0.3 is 4.90 Å². The Balaban J connectivity index is 2.88. The Bertz CT molecular complexity index is 579. The number of amides is 3. The highest BCUT2D eigenvalue weighted by atomic mass is 16.2. The second-order valence-electron chi connectivity index (χ2n) is 7.11. The molecule has 1 unspecified atom stereocenters. The molecule has 0 bridgehead atoms. The van der Waals surface area contributed by atoms with Gasteiger partial charge in [-0.05, 0) is 42.2 Å². The van der Waals surface area contributed by atoms with Crippen molar-refractivity contribution in [2.45, 2.75) is 64.8 Å². The number of hydrogen-bond acceptors (Lipinski definition) is 4. The number of carbonyl (C=O) groups excluding carboxylic acids is 2. The first kappa shape index (κ1) is 23.6. The molecule has 0 aromatic heterocycles. The quantitative estimate of drug-likeness (QED) is 0.181. The molecule has 0 spiro atoms. The summed E-state index contributed by atoms with van der Waals surface area (Å²) < 4.78 is 0. The van der Waals surface area contributed by atoms with Crippen LogP contribution in [0.3, 0.4) is 0 Å². The fourth-order valence-corrected chi connectivity index (χ4v) is 3.33. The van der Waals surface area contributed by atoms with Crippen molar-refractivity contribution in [1.29, 1.82) is 0 Å². The normalized spacial score (nSPS) is 17.3. The smallest absolute Gasteiger partial charge is 0.320 e. The predicted molar refractivity (Wildman–Crippen MR) is 112 cm³/mol. The fourth-order valence-electron chi connectivity index (χ4n) is 3.33. The molecular weight excluding hydrogens is 354 g/mol. The summed E-state index contributed by atoms with van der Waals surface area (Å²) in [6, 6.07) is -0.283. The van der Waals surface area contributed by atoms with Gasteiger partial charge >= 0.3 is 6.03 Å². The van der Waals surface area contributed by atoms with Crippen LogP contribution in [0.1, 0.15) is 58.8 Å². The summed E-state index contributed by atoms with van der Waals surface area (Å²) in [5.74, 6) is 0.129. The number of hydrogen-bond donors (Lipinski definition) is 0. The third-order valence-corrected chi connectivity index (χ3v) is 5.06. The minimum Gasteiger partial charge on any atom is -0.320 e. The van der Waals surface area contributed by atoms with E-state index in [-0.39, 0.29) is 12.0 Å². The van der Waals surface area contributed by atoms with E-state index in [0.29, 0.717) is 18.7 Å². The van der Waals surface area contributed by atoms with Crippen LogP contribution < -0.4 is 0 Å². The van der Waals surface area contributed by atoms with Crippen molar-refractivity contribution in [2.75, 3.05) is 13.6 Å². The van der Waals surface area contributed by atoms with Crippen molar-refractivity contribution >= 4 is 12.4 Å². The SMILES string of the molecule is C=CC(=CC(C)C=C)N(C)/N=N\N(C=O)C(=O)N(CC)C1CCCCCCC1. The Hall–Kier alpha value is -2.44. The lowest BCUT2D eigenvalue weighted by atomic mass is 9.96. The first-order valence-electron chi connectivity index (χ1n) is 10.2. The van der Waals surface area contributed by atoms with Gasteiger partial charge in [0.15, 0.2) is 0 Å². The highest BCUT2D eigenvalue weighted by molar-refractivity contribution is 5.84. The summed E-state index contributed by atoms with van der Waals surface area (Å²) in [5.41, 5.74) is 0.710. The van der Waals surface area contributed by atoms with Crippen LogP contribution in [0.25, 0.3) is 0 Å². The highest BCUT2D eigenvalue weighted by Gasteiger charge is 2.27. The van der Waals surface area contributed by atoms with E-state index in [2.05, 4.69) is 23.6 Å². The standard InChI is InChI=1S/C21H35N5O2/c1-6-18(4)16-19(7-2)24(5)22-23-26(17-27)21(28)25(8-3)20-14-12-10-9-11-13-15-20/h6-7,16-18,20H,1-2,8-15H2,3-5H3/b19-16?,23-22-. The number of imide groups is 1. The molecule has 0 aliphatic heterocycles. The fraction of sp³-hybridized carbons (Fsp3) is 0.619. The lowest BCUT2D eigenvalue weighted by Crippen LogP contribution is -2.46. The van der Waals surface area contributed by atoms with Gasteiger partial charge in [-0.25, -0.2) is 9.80 Å². The third-order valence-electron chi connectivity index (χ3n) is 5.06. The zero-order chi connectivity index (χ0) is 20.9. The molecule has 1 rings (SSSR count). The number of rotatable bonds is 9. The summed E-state index contributed by atoms with van der Waals surface area (Å²) in [4.78, 5) is 26.1. The third kappa shape index (κ3) is 7.29. The van der Waals surface area contributed by atoms with Crippen molar-refractivity contribution in [3.63, 3.8) is 0 Å². The molecule has 0 radical (unpaired) electrons. The largest absolute Gasteiger partial charge is 0.349 e. The summed E-state index contributed by atoms with van der Waals surface area (Å²) in [6.07, 6.45) is 13.6. The van der Waals surface area contributed by atoms with Gasteiger partial charge in [-0.2, -0.15) is 0 Å². The Kier molecular flexibility index (Phi) is 10.8. The molecule has 0 aromatic rings. The van der Waals surface area contributed by atoms with Crippen molar-refractivity contribution < 1.29 is 9.59 Å². The maximum absolute atomic E-state index is 12.9. The van der Waals surface area contributed by atoms with Gasteiger partial charge in [0.1, 0.15) is 0 Å². The van der Waals surface area contributed by atoms with E-state index in [1.807, 2.05) is 19.9 Å². The first-order chi connectivity index (χ1) is 13.5. The Morgan fingerprint density at radius 1 is 1.14 bits per heavy atom. The van der Waals surface area contributed by atoms with Crippen LogP contribution in [0.4, 0.5) is 4.79 Å². The van der Waals surface area contributed by atoms with Gasteiger partial charge in [0, 0.05) is 19.6 Å². The molecule has 0 saturated heterocycles. The van der Waals surface area contributed by atoms with Crippen LogP contribution in [0.15, 0.2) is 47.5 Å². The van der Waals surface area contributed by atoms with E-state index in [1.165, 1.54) is 24.3 Å². The van der Waals surface area contributed by atoms with E-state index >= 15 is 0 Å². The molecular formula is C21H35N5O2. The number of nitrogens with zero attached hydrogens (tertiary/aromatic N) is 5. The zero-order valence-electron chi connectivity index (χ0n) is 17.6. The topological polar surface area (TPSA) is 68.6 Å². The van der Waals surface area contributed by atoms with Crippen molar-refractivity contribution in [2.24, 2.45) is 16.4 Å². The number of carbonyl (C=O) groups is 2. The Morgan fingerprint density at radius 3 is 2.25 bits per heavy atom. The highest BCUT2D eigenvalue weighted by Crippen LogP contribution is 2.22. The second-order valence-corrected chi connectivity index (χ2v) is 7.11. The lowest BCUT2D eigenvalue weighted by molar-refractivity contribution is -0.116. The van der Waals surface area contributed by atoms with Crippen LogP contribution >= 0.6 is 0 Å². The first-order valence-corrected chi connectivity index (χ1v) is 10.2. The molecule has 0 N–H and O–H groups in total. The number of likely N-dealkylation sites (N-methyl/N-ethyl adjacent to an activating group) is 1. The van der Waals surface area contributed by atoms with Gasteiger partial charge in [0.05, 0.1) is 5.70 Å². The minimum atomic E-state index is -0.427. The molecule has 1 aliphatic carbocycles. The molecule has 7 nitrogen and oxygen atoms in total. The van der Waals surface area contributed by atoms with E-state index in [1.54, 1.807) is 24.1 Å². The maximum Gasteiger partial charge on any atom is 0.349 e. The summed E-state index contributed by atoms with van der Waals surface area (Å²) >= 11 is 0. The van der Waals surface area contributed by atoms with Crippen LogP contribution in [-0.4, -0.2) is 47.0 Å². The van der Waals surface area contributed by atoms with Gasteiger partial charge in [0.25, 0.3) is 0 Å². The second kappa shape index (κ2) is 12.9. The minimum absolute atomic E-state index is 0.129. The number of urea groups is 1. The predicted octanol–water partition coefficient (Wildman–Crippen LogP) is 5.11. The number of allylic oxidation sites excluding steroid dienone is 3. The van der Waals surface area contributed by atoms with Gasteiger partial charge in [0.2, 0.25) is 6.41 Å². The maximum atomic E-state index is 12.9. The average molecular weight is 390 g/mol. The van der Waals surface area contributed by atoms with Crippen molar-refractivity contribution in [1.82, 2.24) is 14.9 Å². The average Bonchev–Trinajstić information content (AvgIpc) is 2.67. The van der Waals surface area contributed by atoms with E-state index < -0.39 is 6.03 Å². The Labute approximate surface area is 169 Å². The van der Waals surface area contributed by atoms with E-state index in [4.69, 9.17) is 0 Å². The monoisotopic (exact) mass is 389 g/mol. The molecule has 28 heavy (non-hydrogen) atoms. The van der Waals surface area contributed by atoms with Crippen LogP contribution in [0, 0.1) is 5.92 Å². The Morgan fingerprint density at radius 2 is 1.75 bits per heavy atom. The van der Waals surface area contributed by atoms with Crippen molar-refractivity contribution in [3.8, 4) is 0 Å². The molecule has 1 saturated carbocycles. The van der Waals surface area contributed by atoms with E-state index in [0.717, 1.165) is 30.7 Å².